The fourth-order valence-corrected chi connectivity index (χ4v) is 1.77. The van der Waals surface area contributed by atoms with Crippen LogP contribution in [0.4, 0.5) is 0 Å². The molecule has 0 heterocycles. The molecule has 0 spiro atoms. The molecule has 0 aromatic rings. The highest BCUT2D eigenvalue weighted by Gasteiger charge is 2.10. The number of rotatable bonds is 2. The van der Waals surface area contributed by atoms with Crippen molar-refractivity contribution in [3.05, 3.63) is 11.6 Å². The first-order valence-electron chi connectivity index (χ1n) is 4.56. The molecule has 0 radical (unpaired) electrons. The summed E-state index contributed by atoms with van der Waals surface area (Å²) in [5.74, 6) is 0.734. The SMILES string of the molecule is CC(O)CC1=CC(C)CCC1. The fraction of sp³-hybridized carbons (Fsp3) is 0.800. The van der Waals surface area contributed by atoms with Crippen molar-refractivity contribution in [2.75, 3.05) is 0 Å². The van der Waals surface area contributed by atoms with Gasteiger partial charge in [0.2, 0.25) is 0 Å². The molecule has 11 heavy (non-hydrogen) atoms. The summed E-state index contributed by atoms with van der Waals surface area (Å²) < 4.78 is 0. The molecular formula is C10H18O. The molecule has 0 bridgehead atoms. The van der Waals surface area contributed by atoms with E-state index in [-0.39, 0.29) is 6.10 Å². The summed E-state index contributed by atoms with van der Waals surface area (Å²) in [5, 5.41) is 9.15. The van der Waals surface area contributed by atoms with Gasteiger partial charge in [-0.2, -0.15) is 0 Å². The summed E-state index contributed by atoms with van der Waals surface area (Å²) in [7, 11) is 0. The van der Waals surface area contributed by atoms with Crippen LogP contribution in [0.25, 0.3) is 0 Å². The van der Waals surface area contributed by atoms with Crippen LogP contribution in [0.3, 0.4) is 0 Å². The van der Waals surface area contributed by atoms with E-state index in [0.717, 1.165) is 12.3 Å². The first-order chi connectivity index (χ1) is 5.18. The van der Waals surface area contributed by atoms with Gasteiger partial charge in [-0.1, -0.05) is 18.6 Å². The molecule has 1 aliphatic rings. The van der Waals surface area contributed by atoms with E-state index in [0.29, 0.717) is 0 Å². The first kappa shape index (κ1) is 8.79. The van der Waals surface area contributed by atoms with Gasteiger partial charge >= 0.3 is 0 Å². The largest absolute Gasteiger partial charge is 0.393 e. The van der Waals surface area contributed by atoms with Gasteiger partial charge < -0.3 is 5.11 Å². The Balaban J connectivity index is 2.43. The van der Waals surface area contributed by atoms with Gasteiger partial charge in [0.05, 0.1) is 6.10 Å². The van der Waals surface area contributed by atoms with Gasteiger partial charge in [-0.15, -0.1) is 0 Å². The molecule has 0 fully saturated rings. The Kier molecular flexibility index (Phi) is 3.13. The predicted molar refractivity (Wildman–Crippen MR) is 47.4 cm³/mol. The molecule has 0 amide bonds. The van der Waals surface area contributed by atoms with Crippen molar-refractivity contribution < 1.29 is 5.11 Å². The topological polar surface area (TPSA) is 20.2 Å². The lowest BCUT2D eigenvalue weighted by Crippen LogP contribution is -2.06. The third-order valence-corrected chi connectivity index (χ3v) is 2.24. The Hall–Kier alpha value is -0.300. The molecule has 0 aliphatic heterocycles. The van der Waals surface area contributed by atoms with Crippen LogP contribution in [0.2, 0.25) is 0 Å². The number of hydrogen-bond acceptors (Lipinski definition) is 1. The zero-order valence-electron chi connectivity index (χ0n) is 7.51. The second-order valence-corrected chi connectivity index (χ2v) is 3.75. The average molecular weight is 154 g/mol. The normalized spacial score (nSPS) is 27.9. The maximum Gasteiger partial charge on any atom is 0.0549 e. The van der Waals surface area contributed by atoms with Crippen LogP contribution in [-0.4, -0.2) is 11.2 Å². The molecule has 1 aliphatic carbocycles. The first-order valence-corrected chi connectivity index (χ1v) is 4.56. The summed E-state index contributed by atoms with van der Waals surface area (Å²) in [6.45, 7) is 4.11. The molecule has 64 valence electrons. The zero-order valence-corrected chi connectivity index (χ0v) is 7.51. The highest BCUT2D eigenvalue weighted by molar-refractivity contribution is 5.07. The van der Waals surface area contributed by atoms with E-state index >= 15 is 0 Å². The van der Waals surface area contributed by atoms with Crippen molar-refractivity contribution in [3.8, 4) is 0 Å². The summed E-state index contributed by atoms with van der Waals surface area (Å²) in [5.41, 5.74) is 1.46. The molecule has 0 aromatic carbocycles. The van der Waals surface area contributed by atoms with Gasteiger partial charge in [0.15, 0.2) is 0 Å². The van der Waals surface area contributed by atoms with Crippen molar-refractivity contribution >= 4 is 0 Å². The van der Waals surface area contributed by atoms with E-state index in [1.165, 1.54) is 24.8 Å². The summed E-state index contributed by atoms with van der Waals surface area (Å²) >= 11 is 0. The minimum atomic E-state index is -0.161. The molecule has 1 nitrogen and oxygen atoms in total. The van der Waals surface area contributed by atoms with Crippen LogP contribution >= 0.6 is 0 Å². The molecule has 1 rings (SSSR count). The minimum absolute atomic E-state index is 0.161. The van der Waals surface area contributed by atoms with Gasteiger partial charge in [0, 0.05) is 0 Å². The minimum Gasteiger partial charge on any atom is -0.393 e. The molecular weight excluding hydrogens is 136 g/mol. The van der Waals surface area contributed by atoms with Crippen molar-refractivity contribution in [2.24, 2.45) is 5.92 Å². The highest BCUT2D eigenvalue weighted by atomic mass is 16.3. The van der Waals surface area contributed by atoms with Crippen LogP contribution in [0.15, 0.2) is 11.6 Å². The van der Waals surface area contributed by atoms with Crippen LogP contribution in [0, 0.1) is 5.92 Å². The van der Waals surface area contributed by atoms with Crippen LogP contribution < -0.4 is 0 Å². The lowest BCUT2D eigenvalue weighted by atomic mass is 9.89. The van der Waals surface area contributed by atoms with Gasteiger partial charge in [0.1, 0.15) is 0 Å². The maximum atomic E-state index is 9.15. The van der Waals surface area contributed by atoms with Crippen molar-refractivity contribution in [3.63, 3.8) is 0 Å². The summed E-state index contributed by atoms with van der Waals surface area (Å²) in [4.78, 5) is 0. The average Bonchev–Trinajstić information content (AvgIpc) is 1.85. The Morgan fingerprint density at radius 2 is 2.45 bits per heavy atom. The Morgan fingerprint density at radius 1 is 1.73 bits per heavy atom. The zero-order chi connectivity index (χ0) is 8.27. The van der Waals surface area contributed by atoms with E-state index in [1.807, 2.05) is 6.92 Å². The molecule has 2 unspecified atom stereocenters. The quantitative estimate of drug-likeness (QED) is 0.606. The molecule has 0 saturated heterocycles. The van der Waals surface area contributed by atoms with Crippen molar-refractivity contribution in [2.45, 2.75) is 45.6 Å². The van der Waals surface area contributed by atoms with Crippen LogP contribution in [0.1, 0.15) is 39.5 Å². The maximum absolute atomic E-state index is 9.15. The Labute approximate surface area is 69.1 Å². The molecule has 0 saturated carbocycles. The Morgan fingerprint density at radius 3 is 3.00 bits per heavy atom. The third-order valence-electron chi connectivity index (χ3n) is 2.24. The number of allylic oxidation sites excluding steroid dienone is 1. The predicted octanol–water partition coefficient (Wildman–Crippen LogP) is 2.50. The van der Waals surface area contributed by atoms with Crippen LogP contribution in [0.5, 0.6) is 0 Å². The lowest BCUT2D eigenvalue weighted by molar-refractivity contribution is 0.193. The van der Waals surface area contributed by atoms with Gasteiger partial charge in [0.25, 0.3) is 0 Å². The van der Waals surface area contributed by atoms with E-state index in [4.69, 9.17) is 5.11 Å². The molecule has 1 N–H and O–H groups in total. The van der Waals surface area contributed by atoms with Gasteiger partial charge in [-0.25, -0.2) is 0 Å². The summed E-state index contributed by atoms with van der Waals surface area (Å²) in [6.07, 6.45) is 6.88. The van der Waals surface area contributed by atoms with E-state index in [9.17, 15) is 0 Å². The standard InChI is InChI=1S/C10H18O/c1-8-4-3-5-10(6-8)7-9(2)11/h6,8-9,11H,3-5,7H2,1-2H3. The van der Waals surface area contributed by atoms with E-state index in [2.05, 4.69) is 13.0 Å². The molecule has 2 atom stereocenters. The number of hydrogen-bond donors (Lipinski definition) is 1. The fourth-order valence-electron chi connectivity index (χ4n) is 1.77. The van der Waals surface area contributed by atoms with Gasteiger partial charge in [-0.3, -0.25) is 0 Å². The Bertz CT molecular complexity index is 147. The van der Waals surface area contributed by atoms with Crippen molar-refractivity contribution in [1.82, 2.24) is 0 Å². The van der Waals surface area contributed by atoms with Crippen LogP contribution in [-0.2, 0) is 0 Å². The van der Waals surface area contributed by atoms with E-state index < -0.39 is 0 Å². The van der Waals surface area contributed by atoms with E-state index in [1.54, 1.807) is 0 Å². The third kappa shape index (κ3) is 3.06. The van der Waals surface area contributed by atoms with Gasteiger partial charge in [-0.05, 0) is 38.5 Å². The lowest BCUT2D eigenvalue weighted by Gasteiger charge is -2.18. The summed E-state index contributed by atoms with van der Waals surface area (Å²) in [6, 6.07) is 0. The molecule has 1 heteroatoms. The number of aliphatic hydroxyl groups excluding tert-OH is 1. The monoisotopic (exact) mass is 154 g/mol. The second kappa shape index (κ2) is 3.91. The highest BCUT2D eigenvalue weighted by Crippen LogP contribution is 2.25. The smallest absolute Gasteiger partial charge is 0.0549 e. The number of aliphatic hydroxyl groups is 1. The van der Waals surface area contributed by atoms with Crippen molar-refractivity contribution in [1.29, 1.82) is 0 Å². The molecule has 0 aromatic heterocycles. The second-order valence-electron chi connectivity index (χ2n) is 3.75.